The van der Waals surface area contributed by atoms with E-state index in [0.29, 0.717) is 46.4 Å². The maximum atomic E-state index is 14.8. The van der Waals surface area contributed by atoms with Crippen LogP contribution >= 0.6 is 11.6 Å². The SMILES string of the molecule is CC1(c2ccc(Cl)cc2F)Oc2cccc(C3CCN(Cc4nc5cc(C(N)=NO)ncc5n4CC4(C#N)CC4)CC3)c2O1. The lowest BCUT2D eigenvalue weighted by molar-refractivity contribution is -0.0712. The van der Waals surface area contributed by atoms with E-state index in [1.165, 1.54) is 6.07 Å². The zero-order chi connectivity index (χ0) is 30.6. The summed E-state index contributed by atoms with van der Waals surface area (Å²) in [5, 5.41) is 22.3. The molecule has 0 spiro atoms. The lowest BCUT2D eigenvalue weighted by atomic mass is 9.88. The van der Waals surface area contributed by atoms with Gasteiger partial charge in [0.1, 0.15) is 17.3 Å². The summed E-state index contributed by atoms with van der Waals surface area (Å²) < 4.78 is 29.5. The fraction of sp³-hybridized carbons (Fsp3) is 0.375. The molecule has 2 aliphatic heterocycles. The van der Waals surface area contributed by atoms with E-state index >= 15 is 0 Å². The van der Waals surface area contributed by atoms with Crippen LogP contribution < -0.4 is 15.2 Å². The summed E-state index contributed by atoms with van der Waals surface area (Å²) in [6, 6.07) is 14.6. The predicted octanol–water partition coefficient (Wildman–Crippen LogP) is 5.65. The Labute approximate surface area is 258 Å². The number of hydrogen-bond donors (Lipinski definition) is 2. The molecule has 1 aliphatic carbocycles. The Morgan fingerprint density at radius 1 is 1.23 bits per heavy atom. The van der Waals surface area contributed by atoms with E-state index in [2.05, 4.69) is 31.7 Å². The number of piperidine rings is 1. The van der Waals surface area contributed by atoms with Crippen molar-refractivity contribution in [1.29, 1.82) is 5.26 Å². The van der Waals surface area contributed by atoms with Crippen molar-refractivity contribution >= 4 is 28.5 Å². The molecule has 3 N–H and O–H groups in total. The molecule has 1 saturated heterocycles. The number of para-hydroxylation sites is 1. The molecule has 1 saturated carbocycles. The first kappa shape index (κ1) is 28.4. The first-order valence-corrected chi connectivity index (χ1v) is 15.0. The highest BCUT2D eigenvalue weighted by Gasteiger charge is 2.45. The van der Waals surface area contributed by atoms with E-state index in [1.807, 2.05) is 12.1 Å². The van der Waals surface area contributed by atoms with Gasteiger partial charge in [0.15, 0.2) is 17.3 Å². The molecule has 44 heavy (non-hydrogen) atoms. The summed E-state index contributed by atoms with van der Waals surface area (Å²) >= 11 is 5.97. The van der Waals surface area contributed by atoms with Crippen LogP contribution in [-0.4, -0.2) is 43.6 Å². The van der Waals surface area contributed by atoms with Crippen molar-refractivity contribution in [1.82, 2.24) is 19.4 Å². The average molecular weight is 616 g/mol. The molecule has 4 aromatic rings. The second-order valence-corrected chi connectivity index (χ2v) is 12.5. The Hall–Kier alpha value is -4.40. The molecule has 3 aliphatic rings. The molecule has 10 nitrogen and oxygen atoms in total. The fourth-order valence-electron chi connectivity index (χ4n) is 6.36. The Morgan fingerprint density at radius 2 is 2.02 bits per heavy atom. The van der Waals surface area contributed by atoms with Crippen LogP contribution in [0.5, 0.6) is 11.5 Å². The number of oxime groups is 1. The van der Waals surface area contributed by atoms with Crippen molar-refractivity contribution < 1.29 is 19.1 Å². The number of nitrogens with two attached hydrogens (primary N) is 1. The molecule has 2 aromatic heterocycles. The number of ether oxygens (including phenoxy) is 2. The topological polar surface area (TPSA) is 135 Å². The molecule has 1 atom stereocenters. The number of amidine groups is 1. The molecule has 1 unspecified atom stereocenters. The molecule has 7 rings (SSSR count). The van der Waals surface area contributed by atoms with Gasteiger partial charge in [0.05, 0.1) is 40.8 Å². The molecule has 2 fully saturated rings. The summed E-state index contributed by atoms with van der Waals surface area (Å²) in [6.07, 6.45) is 5.19. The van der Waals surface area contributed by atoms with Crippen LogP contribution in [0.25, 0.3) is 11.0 Å². The average Bonchev–Trinajstić information content (AvgIpc) is 3.60. The number of nitriles is 1. The second-order valence-electron chi connectivity index (χ2n) is 12.0. The number of aromatic nitrogens is 3. The number of fused-ring (bicyclic) bond motifs is 2. The highest BCUT2D eigenvalue weighted by Crippen LogP contribution is 2.50. The van der Waals surface area contributed by atoms with Crippen molar-refractivity contribution in [3.8, 4) is 17.6 Å². The fourth-order valence-corrected chi connectivity index (χ4v) is 6.52. The van der Waals surface area contributed by atoms with Gasteiger partial charge in [-0.1, -0.05) is 28.9 Å². The second kappa shape index (κ2) is 10.6. The number of benzene rings is 2. The Balaban J connectivity index is 1.09. The van der Waals surface area contributed by atoms with Crippen molar-refractivity contribution in [3.63, 3.8) is 0 Å². The number of likely N-dealkylation sites (tertiary alicyclic amines) is 1. The summed E-state index contributed by atoms with van der Waals surface area (Å²) in [7, 11) is 0. The Morgan fingerprint density at radius 3 is 2.73 bits per heavy atom. The minimum atomic E-state index is -1.29. The van der Waals surface area contributed by atoms with E-state index in [1.54, 1.807) is 31.3 Å². The minimum absolute atomic E-state index is 0.0823. The number of hydrogen-bond acceptors (Lipinski definition) is 8. The molecule has 226 valence electrons. The minimum Gasteiger partial charge on any atom is -0.444 e. The number of pyridine rings is 1. The van der Waals surface area contributed by atoms with Crippen molar-refractivity contribution in [2.75, 3.05) is 13.1 Å². The zero-order valence-electron chi connectivity index (χ0n) is 24.1. The van der Waals surface area contributed by atoms with Crippen molar-refractivity contribution in [3.05, 3.63) is 82.1 Å². The Kier molecular flexibility index (Phi) is 6.86. The summed E-state index contributed by atoms with van der Waals surface area (Å²) in [6.45, 7) is 4.55. The van der Waals surface area contributed by atoms with Gasteiger partial charge >= 0.3 is 0 Å². The first-order valence-electron chi connectivity index (χ1n) is 14.6. The molecule has 12 heteroatoms. The number of rotatable bonds is 7. The third-order valence-corrected chi connectivity index (χ3v) is 9.29. The van der Waals surface area contributed by atoms with Crippen LogP contribution in [0, 0.1) is 22.6 Å². The monoisotopic (exact) mass is 615 g/mol. The predicted molar refractivity (Wildman–Crippen MR) is 161 cm³/mol. The van der Waals surface area contributed by atoms with E-state index < -0.39 is 11.6 Å². The third-order valence-electron chi connectivity index (χ3n) is 9.06. The lowest BCUT2D eigenvalue weighted by Gasteiger charge is -2.32. The molecule has 4 heterocycles. The molecule has 0 bridgehead atoms. The maximum Gasteiger partial charge on any atom is 0.278 e. The number of halogens is 2. The quantitative estimate of drug-likeness (QED) is 0.118. The third kappa shape index (κ3) is 4.98. The first-order chi connectivity index (χ1) is 21.2. The van der Waals surface area contributed by atoms with Crippen molar-refractivity contribution in [2.45, 2.75) is 57.4 Å². The van der Waals surface area contributed by atoms with Crippen LogP contribution in [0.3, 0.4) is 0 Å². The van der Waals surface area contributed by atoms with E-state index in [4.69, 9.17) is 37.0 Å². The number of nitrogens with zero attached hydrogens (tertiary/aromatic N) is 6. The highest BCUT2D eigenvalue weighted by atomic mass is 35.5. The molecule has 0 amide bonds. The summed E-state index contributed by atoms with van der Waals surface area (Å²) in [5.74, 6) is 0.497. The molecule has 0 radical (unpaired) electrons. The van der Waals surface area contributed by atoms with Crippen LogP contribution in [0.2, 0.25) is 5.02 Å². The van der Waals surface area contributed by atoms with E-state index in [9.17, 15) is 9.65 Å². The Bertz CT molecular complexity index is 1840. The van der Waals surface area contributed by atoms with E-state index in [-0.39, 0.29) is 17.2 Å². The smallest absolute Gasteiger partial charge is 0.278 e. The van der Waals surface area contributed by atoms with Gasteiger partial charge < -0.3 is 25.0 Å². The molecular formula is C32H31ClFN7O3. The molecular weight excluding hydrogens is 585 g/mol. The van der Waals surface area contributed by atoms with Gasteiger partial charge in [-0.3, -0.25) is 9.88 Å². The van der Waals surface area contributed by atoms with Crippen LogP contribution in [0.4, 0.5) is 4.39 Å². The highest BCUT2D eigenvalue weighted by molar-refractivity contribution is 6.30. The lowest BCUT2D eigenvalue weighted by Crippen LogP contribution is -2.34. The maximum absolute atomic E-state index is 14.8. The van der Waals surface area contributed by atoms with Crippen LogP contribution in [0.1, 0.15) is 61.2 Å². The molecule has 2 aromatic carbocycles. The van der Waals surface area contributed by atoms with Gasteiger partial charge in [-0.25, -0.2) is 9.37 Å². The van der Waals surface area contributed by atoms with Gasteiger partial charge in [-0.2, -0.15) is 5.26 Å². The zero-order valence-corrected chi connectivity index (χ0v) is 24.9. The van der Waals surface area contributed by atoms with Crippen molar-refractivity contribution in [2.24, 2.45) is 16.3 Å². The standard InChI is InChI=1S/C32H31ClFN7O3/c1-31(22-6-5-20(33)13-23(22)34)43-27-4-2-3-21(29(27)44-31)19-7-11-40(12-8-19)16-28-38-24-14-25(30(36)39-42)37-15-26(24)41(28)18-32(17-35)9-10-32/h2-6,13-15,19,42H,7-12,16,18H2,1H3,(H2,36,39). The van der Waals surface area contributed by atoms with Gasteiger partial charge in [0.25, 0.3) is 5.79 Å². The summed E-state index contributed by atoms with van der Waals surface area (Å²) in [4.78, 5) is 11.6. The number of imidazole rings is 1. The van der Waals surface area contributed by atoms with Crippen LogP contribution in [0.15, 0.2) is 53.8 Å². The van der Waals surface area contributed by atoms with Gasteiger partial charge in [-0.15, -0.1) is 0 Å². The summed E-state index contributed by atoms with van der Waals surface area (Å²) in [5.41, 5.74) is 8.60. The van der Waals surface area contributed by atoms with E-state index in [0.717, 1.165) is 55.7 Å². The van der Waals surface area contributed by atoms with Gasteiger partial charge in [0, 0.05) is 24.1 Å². The van der Waals surface area contributed by atoms with Gasteiger partial charge in [0.2, 0.25) is 0 Å². The van der Waals surface area contributed by atoms with Crippen LogP contribution in [-0.2, 0) is 18.9 Å². The normalized spacial score (nSPS) is 21.5. The van der Waals surface area contributed by atoms with Gasteiger partial charge in [-0.05, 0) is 75.0 Å². The largest absolute Gasteiger partial charge is 0.444 e.